The van der Waals surface area contributed by atoms with Crippen LogP contribution in [0.15, 0.2) is 85.2 Å². The molecule has 1 aliphatic heterocycles. The first-order valence-corrected chi connectivity index (χ1v) is 15.5. The highest BCUT2D eigenvalue weighted by atomic mass is 16.4. The quantitative estimate of drug-likeness (QED) is 0.264. The zero-order valence-corrected chi connectivity index (χ0v) is 26.2. The average Bonchev–Trinajstić information content (AvgIpc) is 3.70. The number of carboxylic acids is 1. The second kappa shape index (κ2) is 11.0. The number of hydrogen-bond donors (Lipinski definition) is 1. The maximum Gasteiger partial charge on any atom is 0.328 e. The molecule has 3 aromatic carbocycles. The number of anilines is 1. The molecule has 10 heteroatoms. The molecule has 1 aliphatic carbocycles. The van der Waals surface area contributed by atoms with E-state index in [4.69, 9.17) is 10.2 Å². The summed E-state index contributed by atoms with van der Waals surface area (Å²) in [5, 5.41) is 13.8. The summed E-state index contributed by atoms with van der Waals surface area (Å²) in [6.07, 6.45) is 10.6. The van der Waals surface area contributed by atoms with Gasteiger partial charge in [-0.25, -0.2) is 4.79 Å². The molecule has 5 nitrogen and oxygen atoms in total. The monoisotopic (exact) mass is 563 g/mol. The van der Waals surface area contributed by atoms with Gasteiger partial charge >= 0.3 is 5.97 Å². The standard InChI is InChI=1S/C33H38B5N3O2/c1-20-16-26-17-25(27-18-39-40(19-27)33(37,38)32(34,35)36)11-14-29(26)31(24-5-2-21(3-6-24)4-15-30(42)43)41(20)28-12-9-23(10-13-28)22-7-8-22/h2-6,9-15,17-20,22,31H,7-8,16,34-38H2,1H3,(H,42,43)/b15-4+/t20-,31-/m1/s1. The molecule has 2 aliphatic rings. The van der Waals surface area contributed by atoms with Crippen molar-refractivity contribution in [2.24, 2.45) is 0 Å². The predicted molar refractivity (Wildman–Crippen MR) is 190 cm³/mol. The van der Waals surface area contributed by atoms with Crippen molar-refractivity contribution in [2.45, 2.75) is 54.6 Å². The normalized spacial score (nSPS) is 19.0. The fourth-order valence-corrected chi connectivity index (χ4v) is 6.21. The van der Waals surface area contributed by atoms with Crippen molar-refractivity contribution in [2.75, 3.05) is 4.90 Å². The maximum atomic E-state index is 11.1. The minimum absolute atomic E-state index is 0.0413. The van der Waals surface area contributed by atoms with E-state index in [1.807, 2.05) is 18.3 Å². The van der Waals surface area contributed by atoms with Gasteiger partial charge in [-0.05, 0) is 89.0 Å². The van der Waals surface area contributed by atoms with Crippen LogP contribution in [0.25, 0.3) is 17.2 Å². The lowest BCUT2D eigenvalue weighted by atomic mass is 9.26. The number of hydrogen-bond acceptors (Lipinski definition) is 3. The molecular weight excluding hydrogens is 524 g/mol. The molecule has 0 radical (unpaired) electrons. The summed E-state index contributed by atoms with van der Waals surface area (Å²) in [5.41, 5.74) is 9.74. The van der Waals surface area contributed by atoms with Crippen LogP contribution < -0.4 is 4.90 Å². The first-order chi connectivity index (χ1) is 20.4. The minimum atomic E-state index is -0.941. The van der Waals surface area contributed by atoms with Crippen molar-refractivity contribution in [3.05, 3.63) is 113 Å². The van der Waals surface area contributed by atoms with E-state index < -0.39 is 5.97 Å². The van der Waals surface area contributed by atoms with Gasteiger partial charge in [0.1, 0.15) is 15.7 Å². The zero-order chi connectivity index (χ0) is 30.5. The summed E-state index contributed by atoms with van der Waals surface area (Å²) in [7, 11) is 11.3. The van der Waals surface area contributed by atoms with Gasteiger partial charge in [-0.15, -0.1) is 5.11 Å². The third kappa shape index (κ3) is 5.76. The van der Waals surface area contributed by atoms with Gasteiger partial charge < -0.3 is 10.0 Å². The van der Waals surface area contributed by atoms with E-state index in [0.29, 0.717) is 0 Å². The van der Waals surface area contributed by atoms with Gasteiger partial charge in [0.2, 0.25) is 0 Å². The topological polar surface area (TPSA) is 58.4 Å². The fourth-order valence-electron chi connectivity index (χ4n) is 6.21. The second-order valence-corrected chi connectivity index (χ2v) is 14.0. The molecular formula is C33H38B5N3O2. The summed E-state index contributed by atoms with van der Waals surface area (Å²) in [6.45, 7) is 2.32. The second-order valence-electron chi connectivity index (χ2n) is 14.0. The van der Waals surface area contributed by atoms with Crippen LogP contribution in [0.2, 0.25) is 5.11 Å². The van der Waals surface area contributed by atoms with Crippen LogP contribution in [0.1, 0.15) is 59.5 Å². The summed E-state index contributed by atoms with van der Waals surface area (Å²) in [6, 6.07) is 24.8. The van der Waals surface area contributed by atoms with Gasteiger partial charge in [-0.2, -0.15) is 5.10 Å². The zero-order valence-electron chi connectivity index (χ0n) is 26.2. The van der Waals surface area contributed by atoms with Crippen molar-refractivity contribution in [3.63, 3.8) is 0 Å². The van der Waals surface area contributed by atoms with Crippen molar-refractivity contribution < 1.29 is 9.90 Å². The van der Waals surface area contributed by atoms with E-state index in [9.17, 15) is 4.79 Å². The largest absolute Gasteiger partial charge is 0.478 e. The lowest BCUT2D eigenvalue weighted by molar-refractivity contribution is -0.131. The fraction of sp³-hybridized carbons (Fsp3) is 0.273. The number of carbonyl (C=O) groups is 1. The number of aromatic nitrogens is 2. The van der Waals surface area contributed by atoms with E-state index in [2.05, 4.69) is 117 Å². The summed E-state index contributed by atoms with van der Waals surface area (Å²) < 4.78 is 2.11. The molecule has 1 fully saturated rings. The van der Waals surface area contributed by atoms with E-state index >= 15 is 0 Å². The van der Waals surface area contributed by atoms with Gasteiger partial charge in [0, 0.05) is 29.6 Å². The molecule has 0 unspecified atom stereocenters. The Hall–Kier alpha value is -3.80. The Morgan fingerprint density at radius 2 is 1.60 bits per heavy atom. The van der Waals surface area contributed by atoms with Crippen molar-refractivity contribution in [1.29, 1.82) is 0 Å². The highest BCUT2D eigenvalue weighted by Gasteiger charge is 2.36. The Labute approximate surface area is 259 Å². The molecule has 43 heavy (non-hydrogen) atoms. The molecule has 0 bridgehead atoms. The Morgan fingerprint density at radius 1 is 0.930 bits per heavy atom. The molecule has 1 aromatic heterocycles. The Bertz CT molecular complexity index is 1670. The summed E-state index contributed by atoms with van der Waals surface area (Å²) in [5.74, 6) is -0.212. The molecule has 2 heterocycles. The maximum absolute atomic E-state index is 11.1. The van der Waals surface area contributed by atoms with E-state index in [1.165, 1.54) is 52.4 Å². The molecule has 212 valence electrons. The van der Waals surface area contributed by atoms with E-state index in [-0.39, 0.29) is 22.5 Å². The number of aliphatic carboxylic acids is 1. The van der Waals surface area contributed by atoms with Crippen LogP contribution in [-0.4, -0.2) is 66.1 Å². The molecule has 6 rings (SSSR count). The minimum Gasteiger partial charge on any atom is -0.478 e. The SMILES string of the molecule is BC(B)(B)C(B)(B)n1cc(-c2ccc3c(c2)C[C@@H](C)N(c2ccc(C4CC4)cc2)[C@@H]3c2ccc(/C=C/C(=O)O)cc2)cn1. The Balaban J connectivity index is 1.39. The van der Waals surface area contributed by atoms with E-state index in [1.54, 1.807) is 6.08 Å². The highest BCUT2D eigenvalue weighted by Crippen LogP contribution is 2.44. The summed E-state index contributed by atoms with van der Waals surface area (Å²) in [4.78, 5) is 13.6. The first-order valence-electron chi connectivity index (χ1n) is 15.5. The number of nitrogens with zero attached hydrogens (tertiary/aromatic N) is 3. The lowest BCUT2D eigenvalue weighted by Gasteiger charge is -2.44. The Kier molecular flexibility index (Phi) is 7.52. The van der Waals surface area contributed by atoms with Crippen molar-refractivity contribution in [1.82, 2.24) is 9.78 Å². The number of rotatable bonds is 8. The van der Waals surface area contributed by atoms with Crippen molar-refractivity contribution in [3.8, 4) is 11.1 Å². The Morgan fingerprint density at radius 3 is 2.23 bits per heavy atom. The first kappa shape index (κ1) is 29.3. The van der Waals surface area contributed by atoms with Gasteiger partial charge in [-0.3, -0.25) is 4.68 Å². The van der Waals surface area contributed by atoms with Crippen molar-refractivity contribution >= 4 is 57.0 Å². The van der Waals surface area contributed by atoms with Crippen LogP contribution in [0, 0.1) is 0 Å². The number of benzene rings is 3. The molecule has 0 amide bonds. The predicted octanol–water partition coefficient (Wildman–Crippen LogP) is 1.92. The number of carboxylic acid groups (broad SMARTS) is 1. The smallest absolute Gasteiger partial charge is 0.328 e. The van der Waals surface area contributed by atoms with Gasteiger partial charge in [-0.1, -0.05) is 54.6 Å². The van der Waals surface area contributed by atoms with Gasteiger partial charge in [0.05, 0.1) is 35.8 Å². The average molecular weight is 563 g/mol. The lowest BCUT2D eigenvalue weighted by Crippen LogP contribution is -2.48. The van der Waals surface area contributed by atoms with Crippen LogP contribution in [0.4, 0.5) is 5.69 Å². The molecule has 1 saturated carbocycles. The third-order valence-corrected chi connectivity index (χ3v) is 9.94. The molecule has 2 atom stereocenters. The third-order valence-electron chi connectivity index (χ3n) is 9.94. The number of fused-ring (bicyclic) bond motifs is 1. The molecule has 1 N–H and O–H groups in total. The van der Waals surface area contributed by atoms with Crippen LogP contribution in [0.3, 0.4) is 0 Å². The van der Waals surface area contributed by atoms with E-state index in [0.717, 1.165) is 23.5 Å². The van der Waals surface area contributed by atoms with Crippen LogP contribution in [-0.2, 0) is 16.6 Å². The van der Waals surface area contributed by atoms with Crippen LogP contribution in [0.5, 0.6) is 0 Å². The molecule has 4 aromatic rings. The van der Waals surface area contributed by atoms with Gasteiger partial charge in [0.25, 0.3) is 0 Å². The molecule has 0 spiro atoms. The summed E-state index contributed by atoms with van der Waals surface area (Å²) >= 11 is 0. The van der Waals surface area contributed by atoms with Crippen LogP contribution >= 0.6 is 0 Å². The highest BCUT2D eigenvalue weighted by molar-refractivity contribution is 6.66. The van der Waals surface area contributed by atoms with Gasteiger partial charge in [0.15, 0.2) is 0 Å². The molecule has 0 saturated heterocycles.